The van der Waals surface area contributed by atoms with E-state index in [9.17, 15) is 18.4 Å². The lowest BCUT2D eigenvalue weighted by Crippen LogP contribution is -2.56. The van der Waals surface area contributed by atoms with Gasteiger partial charge in [-0.25, -0.2) is 9.78 Å². The number of aromatic nitrogens is 2. The monoisotopic (exact) mass is 521 g/mol. The molecule has 2 unspecified atom stereocenters. The van der Waals surface area contributed by atoms with Crippen LogP contribution in [0.1, 0.15) is 33.6 Å². The van der Waals surface area contributed by atoms with Gasteiger partial charge in [0.2, 0.25) is 0 Å². The normalized spacial score (nSPS) is 20.1. The summed E-state index contributed by atoms with van der Waals surface area (Å²) in [5, 5.41) is 2.39. The minimum atomic E-state index is -4.24. The van der Waals surface area contributed by atoms with Crippen LogP contribution in [0.3, 0.4) is 0 Å². The Morgan fingerprint density at radius 1 is 1.19 bits per heavy atom. The number of nitrogens with two attached hydrogens (primary N) is 1. The first-order chi connectivity index (χ1) is 16.9. The maximum atomic E-state index is 14.0. The number of benzene rings is 1. The molecule has 0 radical (unpaired) electrons. The van der Waals surface area contributed by atoms with Crippen molar-refractivity contribution >= 4 is 40.5 Å². The summed E-state index contributed by atoms with van der Waals surface area (Å²) in [6.45, 7) is 6.33. The first-order valence-electron chi connectivity index (χ1n) is 11.4. The standard InChI is InChI=1S/C23H25F2N5O5S/c1-22(2,3)35-21(32)30-12-4-5-13(30)11-29(10-12)20-28-16-14(18-27-8-9-36-18)6-7-15(17(16)33-20)34-23(24,25)19(26)31/h6-9,12-13H,4-5,10-11H2,1-3H3,(H2,26,31). The maximum absolute atomic E-state index is 14.0. The van der Waals surface area contributed by atoms with Gasteiger partial charge in [-0.15, -0.1) is 11.3 Å². The molecule has 5 rings (SSSR count). The first kappa shape index (κ1) is 24.2. The van der Waals surface area contributed by atoms with Crippen molar-refractivity contribution in [3.8, 4) is 16.3 Å². The van der Waals surface area contributed by atoms with Gasteiger partial charge in [-0.3, -0.25) is 9.69 Å². The third-order valence-corrected chi connectivity index (χ3v) is 6.85. The molecule has 2 fully saturated rings. The number of ether oxygens (including phenoxy) is 2. The molecule has 2 amide bonds. The average molecular weight is 522 g/mol. The lowest BCUT2D eigenvalue weighted by atomic mass is 10.2. The number of piperazine rings is 1. The Morgan fingerprint density at radius 2 is 1.89 bits per heavy atom. The van der Waals surface area contributed by atoms with Gasteiger partial charge in [0.25, 0.3) is 6.01 Å². The molecule has 2 bridgehead atoms. The van der Waals surface area contributed by atoms with Crippen LogP contribution in [0.5, 0.6) is 5.75 Å². The fourth-order valence-corrected chi connectivity index (χ4v) is 5.24. The summed E-state index contributed by atoms with van der Waals surface area (Å²) >= 11 is 1.35. The van der Waals surface area contributed by atoms with Gasteiger partial charge in [-0.1, -0.05) is 0 Å². The Morgan fingerprint density at radius 3 is 2.47 bits per heavy atom. The Balaban J connectivity index is 1.49. The number of nitrogens with zero attached hydrogens (tertiary/aromatic N) is 4. The molecule has 13 heteroatoms. The van der Waals surface area contributed by atoms with E-state index in [1.165, 1.54) is 23.5 Å². The number of rotatable bonds is 5. The van der Waals surface area contributed by atoms with Crippen molar-refractivity contribution < 1.29 is 32.3 Å². The number of amides is 2. The van der Waals surface area contributed by atoms with Gasteiger partial charge in [-0.2, -0.15) is 13.8 Å². The predicted molar refractivity (Wildman–Crippen MR) is 127 cm³/mol. The summed E-state index contributed by atoms with van der Waals surface area (Å²) in [6, 6.07) is 2.78. The molecule has 4 heterocycles. The molecule has 36 heavy (non-hydrogen) atoms. The number of carbonyl (C=O) groups is 2. The Labute approximate surface area is 209 Å². The maximum Gasteiger partial charge on any atom is 0.482 e. The van der Waals surface area contributed by atoms with Gasteiger partial charge in [0.05, 0.1) is 12.1 Å². The number of anilines is 1. The number of alkyl halides is 2. The quantitative estimate of drug-likeness (QED) is 0.534. The van der Waals surface area contributed by atoms with Crippen LogP contribution in [0.15, 0.2) is 28.1 Å². The second-order valence-electron chi connectivity index (χ2n) is 9.78. The SMILES string of the molecule is CC(C)(C)OC(=O)N1C2CCC1CN(c1nc3c(-c4nccs4)ccc(OC(F)(F)C(N)=O)c3o1)C2. The molecule has 2 aliphatic rings. The molecule has 2 aliphatic heterocycles. The zero-order valence-electron chi connectivity index (χ0n) is 19.9. The lowest BCUT2D eigenvalue weighted by molar-refractivity contribution is -0.189. The summed E-state index contributed by atoms with van der Waals surface area (Å²) in [7, 11) is 0. The fourth-order valence-electron chi connectivity index (χ4n) is 4.58. The second kappa shape index (κ2) is 8.57. The molecule has 0 spiro atoms. The number of thiazole rings is 1. The molecule has 0 saturated carbocycles. The number of primary amides is 1. The Bertz CT molecular complexity index is 1290. The molecule has 2 atom stereocenters. The molecule has 2 N–H and O–H groups in total. The summed E-state index contributed by atoms with van der Waals surface area (Å²) in [6.07, 6.45) is -1.39. The van der Waals surface area contributed by atoms with Gasteiger partial charge >= 0.3 is 18.1 Å². The zero-order chi connectivity index (χ0) is 25.8. The van der Waals surface area contributed by atoms with E-state index in [-0.39, 0.29) is 41.0 Å². The van der Waals surface area contributed by atoms with E-state index in [0.29, 0.717) is 23.7 Å². The summed E-state index contributed by atoms with van der Waals surface area (Å²) in [5.41, 5.74) is 4.96. The van der Waals surface area contributed by atoms with Crippen molar-refractivity contribution in [3.05, 3.63) is 23.7 Å². The lowest BCUT2D eigenvalue weighted by Gasteiger charge is -2.40. The third-order valence-electron chi connectivity index (χ3n) is 6.04. The molecule has 192 valence electrons. The van der Waals surface area contributed by atoms with E-state index in [1.54, 1.807) is 16.5 Å². The number of oxazole rings is 1. The molecular weight excluding hydrogens is 496 g/mol. The van der Waals surface area contributed by atoms with Crippen molar-refractivity contribution in [3.63, 3.8) is 0 Å². The smallest absolute Gasteiger partial charge is 0.444 e. The summed E-state index contributed by atoms with van der Waals surface area (Å²) < 4.78 is 44.2. The van der Waals surface area contributed by atoms with Crippen LogP contribution in [-0.4, -0.2) is 63.8 Å². The highest BCUT2D eigenvalue weighted by molar-refractivity contribution is 7.13. The summed E-state index contributed by atoms with van der Waals surface area (Å²) in [4.78, 5) is 36.5. The average Bonchev–Trinajstić information content (AvgIpc) is 3.51. The molecule has 2 aromatic heterocycles. The van der Waals surface area contributed by atoms with E-state index < -0.39 is 17.6 Å². The zero-order valence-corrected chi connectivity index (χ0v) is 20.7. The molecule has 1 aromatic carbocycles. The highest BCUT2D eigenvalue weighted by Crippen LogP contribution is 2.41. The predicted octanol–water partition coefficient (Wildman–Crippen LogP) is 4.00. The number of carbonyl (C=O) groups excluding carboxylic acids is 2. The van der Waals surface area contributed by atoms with E-state index in [2.05, 4.69) is 14.7 Å². The van der Waals surface area contributed by atoms with Crippen LogP contribution in [0.25, 0.3) is 21.7 Å². The summed E-state index contributed by atoms with van der Waals surface area (Å²) in [5.74, 6) is -2.29. The number of halogens is 2. The first-order valence-corrected chi connectivity index (χ1v) is 12.3. The Kier molecular flexibility index (Phi) is 5.77. The molecule has 0 aliphatic carbocycles. The van der Waals surface area contributed by atoms with Crippen LogP contribution in [0.4, 0.5) is 19.6 Å². The third kappa shape index (κ3) is 4.43. The highest BCUT2D eigenvalue weighted by Gasteiger charge is 2.46. The Hall–Kier alpha value is -3.48. The van der Waals surface area contributed by atoms with Crippen molar-refractivity contribution in [2.45, 2.75) is 57.4 Å². The van der Waals surface area contributed by atoms with E-state index in [0.717, 1.165) is 12.8 Å². The topological polar surface area (TPSA) is 124 Å². The van der Waals surface area contributed by atoms with Gasteiger partial charge in [0, 0.05) is 30.2 Å². The van der Waals surface area contributed by atoms with Crippen LogP contribution < -0.4 is 15.4 Å². The van der Waals surface area contributed by atoms with E-state index >= 15 is 0 Å². The van der Waals surface area contributed by atoms with Crippen LogP contribution in [0.2, 0.25) is 0 Å². The van der Waals surface area contributed by atoms with Crippen molar-refractivity contribution in [1.29, 1.82) is 0 Å². The molecule has 3 aromatic rings. The number of fused-ring (bicyclic) bond motifs is 3. The van der Waals surface area contributed by atoms with Crippen molar-refractivity contribution in [2.75, 3.05) is 18.0 Å². The van der Waals surface area contributed by atoms with Crippen molar-refractivity contribution in [2.24, 2.45) is 5.73 Å². The largest absolute Gasteiger partial charge is 0.482 e. The van der Waals surface area contributed by atoms with Gasteiger partial charge in [-0.05, 0) is 45.7 Å². The molecule has 10 nitrogen and oxygen atoms in total. The fraction of sp³-hybridized carbons (Fsp3) is 0.478. The number of hydrogen-bond acceptors (Lipinski definition) is 9. The minimum absolute atomic E-state index is 0.0551. The van der Waals surface area contributed by atoms with Crippen LogP contribution in [0, 0.1) is 0 Å². The molecular formula is C23H25F2N5O5S. The van der Waals surface area contributed by atoms with Gasteiger partial charge in [0.1, 0.15) is 16.1 Å². The van der Waals surface area contributed by atoms with Gasteiger partial charge < -0.3 is 24.5 Å². The molecule has 2 saturated heterocycles. The van der Waals surface area contributed by atoms with Crippen LogP contribution in [-0.2, 0) is 9.53 Å². The van der Waals surface area contributed by atoms with E-state index in [1.807, 2.05) is 25.7 Å². The highest BCUT2D eigenvalue weighted by atomic mass is 32.1. The van der Waals surface area contributed by atoms with Crippen LogP contribution >= 0.6 is 11.3 Å². The van der Waals surface area contributed by atoms with Crippen molar-refractivity contribution in [1.82, 2.24) is 14.9 Å². The van der Waals surface area contributed by atoms with Gasteiger partial charge in [0.15, 0.2) is 11.3 Å². The van der Waals surface area contributed by atoms with E-state index in [4.69, 9.17) is 14.9 Å². The number of hydrogen-bond donors (Lipinski definition) is 1. The minimum Gasteiger partial charge on any atom is -0.444 e. The second-order valence-corrected chi connectivity index (χ2v) is 10.7.